The highest BCUT2D eigenvalue weighted by Gasteiger charge is 2.67. The van der Waals surface area contributed by atoms with Gasteiger partial charge in [-0.05, 0) is 46.0 Å². The Bertz CT molecular complexity index is 1830. The summed E-state index contributed by atoms with van der Waals surface area (Å²) in [5.74, 6) is -7.52. The molecule has 13 nitrogen and oxygen atoms in total. The van der Waals surface area contributed by atoms with Crippen LogP contribution >= 0.6 is 0 Å². The molecular weight excluding hydrogens is 621 g/mol. The molecule has 254 valence electrons. The number of carbonyl (C=O) groups is 3. The van der Waals surface area contributed by atoms with E-state index in [1.807, 2.05) is 31.2 Å². The zero-order valence-corrected chi connectivity index (χ0v) is 27.3. The van der Waals surface area contributed by atoms with Gasteiger partial charge in [0.25, 0.3) is 5.91 Å². The zero-order chi connectivity index (χ0) is 34.6. The average Bonchev–Trinajstić information content (AvgIpc) is 3.57. The van der Waals surface area contributed by atoms with Crippen molar-refractivity contribution in [2.45, 2.75) is 37.5 Å². The summed E-state index contributed by atoms with van der Waals surface area (Å²) in [5, 5.41) is 60.4. The van der Waals surface area contributed by atoms with E-state index in [-0.39, 0.29) is 28.6 Å². The lowest BCUT2D eigenvalue weighted by molar-refractivity contribution is -0.822. The first-order valence-electron chi connectivity index (χ1n) is 16.2. The van der Waals surface area contributed by atoms with Gasteiger partial charge in [0, 0.05) is 17.4 Å². The molecule has 6 N–H and O–H groups in total. The molecule has 2 saturated heterocycles. The van der Waals surface area contributed by atoms with Gasteiger partial charge in [0.15, 0.2) is 11.4 Å². The minimum Gasteiger partial charge on any atom is -0.508 e. The number of aliphatic hydroxyl groups excluding tert-OH is 2. The van der Waals surface area contributed by atoms with Gasteiger partial charge in [0.1, 0.15) is 29.5 Å². The number of aromatic hydroxyl groups is 1. The van der Waals surface area contributed by atoms with Gasteiger partial charge in [-0.1, -0.05) is 47.4 Å². The number of likely N-dealkylation sites (N-methyl/N-ethyl adjacent to an activating group) is 1. The summed E-state index contributed by atoms with van der Waals surface area (Å²) in [6.07, 6.45) is -0.215. The fraction of sp³-hybridized carbons (Fsp3) is 0.441. The van der Waals surface area contributed by atoms with E-state index in [2.05, 4.69) is 5.32 Å². The molecule has 14 heteroatoms. The highest BCUT2D eigenvalue weighted by atomic mass is 16.6. The lowest BCUT2D eigenvalue weighted by Gasteiger charge is -2.53. The third-order valence-electron chi connectivity index (χ3n) is 11.6. The van der Waals surface area contributed by atoms with Crippen molar-refractivity contribution in [3.8, 4) is 5.75 Å². The zero-order valence-electron chi connectivity index (χ0n) is 27.3. The number of benzene rings is 2. The second-order valence-corrected chi connectivity index (χ2v) is 14.2. The van der Waals surface area contributed by atoms with Crippen molar-refractivity contribution in [3.63, 3.8) is 0 Å². The number of aryl methyl sites for hydroxylation is 1. The van der Waals surface area contributed by atoms with E-state index in [9.17, 15) is 39.9 Å². The Balaban J connectivity index is 1.29. The topological polar surface area (TPSA) is 186 Å². The maximum atomic E-state index is 14.4. The molecule has 5 atom stereocenters. The monoisotopic (exact) mass is 661 g/mol. The molecule has 2 aliphatic heterocycles. The molecule has 3 fully saturated rings. The van der Waals surface area contributed by atoms with Gasteiger partial charge in [0.2, 0.25) is 5.78 Å². The number of ketones is 2. The van der Waals surface area contributed by atoms with Gasteiger partial charge >= 0.3 is 6.69 Å². The molecule has 0 radical (unpaired) electrons. The van der Waals surface area contributed by atoms with Crippen LogP contribution in [-0.4, -0.2) is 118 Å². The number of quaternary nitrogens is 1. The molecule has 0 bridgehead atoms. The summed E-state index contributed by atoms with van der Waals surface area (Å²) in [4.78, 5) is 44.0. The fourth-order valence-corrected chi connectivity index (χ4v) is 9.15. The van der Waals surface area contributed by atoms with Gasteiger partial charge in [-0.2, -0.15) is 0 Å². The number of amides is 1. The number of phenols is 1. The number of phenolic OH excluding ortho intramolecular Hbond substituents is 1. The lowest BCUT2D eigenvalue weighted by atomic mass is 9.54. The van der Waals surface area contributed by atoms with Crippen LogP contribution in [0.5, 0.6) is 5.75 Å². The number of rotatable bonds is 5. The third-order valence-corrected chi connectivity index (χ3v) is 11.6. The Morgan fingerprint density at radius 1 is 1.04 bits per heavy atom. The molecule has 1 saturated carbocycles. The predicted octanol–water partition coefficient (Wildman–Crippen LogP) is 0.249. The Labute approximate surface area is 277 Å². The molecule has 48 heavy (non-hydrogen) atoms. The van der Waals surface area contributed by atoms with Crippen molar-refractivity contribution in [3.05, 3.63) is 76.1 Å². The largest absolute Gasteiger partial charge is 0.508 e. The van der Waals surface area contributed by atoms with Crippen LogP contribution in [0.25, 0.3) is 5.76 Å². The number of carbonyl (C=O) groups excluding carboxylic acids is 3. The van der Waals surface area contributed by atoms with Crippen LogP contribution in [0.15, 0.2) is 59.4 Å². The molecule has 2 heterocycles. The molecule has 0 spiro atoms. The maximum Gasteiger partial charge on any atom is 0.504 e. The Hall–Kier alpha value is -4.05. The molecular formula is C34H40BN3O10. The van der Waals surface area contributed by atoms with Crippen LogP contribution in [0.2, 0.25) is 0 Å². The summed E-state index contributed by atoms with van der Waals surface area (Å²) in [5.41, 5.74) is -3.95. The SMILES string of the molecule is Cc1ccccc1[B-]12OCC[N+]1(CNC(=O)C1=C(O)[C@@]3(O)C(=O)C4=C(O)c5c(O)cccc5[C@@](C)(O)[C@@H]4C[C@H]3[C@@H](N(C)C)C1=O)CCO2. The quantitative estimate of drug-likeness (QED) is 0.191. The minimum absolute atomic E-state index is 0.0212. The summed E-state index contributed by atoms with van der Waals surface area (Å²) in [7, 11) is 3.11. The third kappa shape index (κ3) is 4.04. The van der Waals surface area contributed by atoms with Gasteiger partial charge in [-0.15, -0.1) is 0 Å². The summed E-state index contributed by atoms with van der Waals surface area (Å²) >= 11 is 0. The first kappa shape index (κ1) is 32.5. The molecule has 2 aromatic rings. The first-order valence-corrected chi connectivity index (χ1v) is 16.2. The van der Waals surface area contributed by atoms with E-state index in [1.54, 1.807) is 14.1 Å². The molecule has 1 amide bonds. The predicted molar refractivity (Wildman–Crippen MR) is 172 cm³/mol. The smallest absolute Gasteiger partial charge is 0.504 e. The number of Topliss-reactive ketones (excluding diaryl/α,β-unsaturated/α-hetero) is 2. The number of hydrogen-bond acceptors (Lipinski definition) is 11. The van der Waals surface area contributed by atoms with Gasteiger partial charge in [-0.25, -0.2) is 0 Å². The summed E-state index contributed by atoms with van der Waals surface area (Å²) in [6, 6.07) is 10.7. The highest BCUT2D eigenvalue weighted by molar-refractivity contribution is 6.75. The van der Waals surface area contributed by atoms with Crippen LogP contribution in [0.3, 0.4) is 0 Å². The van der Waals surface area contributed by atoms with Gasteiger partial charge in [0.05, 0.1) is 43.5 Å². The van der Waals surface area contributed by atoms with Crippen molar-refractivity contribution in [1.29, 1.82) is 0 Å². The van der Waals surface area contributed by atoms with Crippen molar-refractivity contribution >= 4 is 35.4 Å². The van der Waals surface area contributed by atoms with Crippen LogP contribution in [-0.2, 0) is 29.3 Å². The summed E-state index contributed by atoms with van der Waals surface area (Å²) in [6.45, 7) is 3.08. The van der Waals surface area contributed by atoms with Crippen molar-refractivity contribution < 1.29 is 53.6 Å². The van der Waals surface area contributed by atoms with Crippen molar-refractivity contribution in [2.24, 2.45) is 11.8 Å². The fourth-order valence-electron chi connectivity index (χ4n) is 9.15. The Morgan fingerprint density at radius 2 is 1.71 bits per heavy atom. The second kappa shape index (κ2) is 10.7. The molecule has 0 unspecified atom stereocenters. The second-order valence-electron chi connectivity index (χ2n) is 14.2. The normalized spacial score (nSPS) is 35.8. The Morgan fingerprint density at radius 3 is 2.35 bits per heavy atom. The van der Waals surface area contributed by atoms with E-state index in [1.165, 1.54) is 30.0 Å². The van der Waals surface area contributed by atoms with Crippen molar-refractivity contribution in [1.82, 2.24) is 10.2 Å². The number of nitrogens with one attached hydrogen (secondary N) is 1. The van der Waals surface area contributed by atoms with Gasteiger partial charge < -0.3 is 44.6 Å². The van der Waals surface area contributed by atoms with Crippen LogP contribution in [0.1, 0.15) is 30.0 Å². The standard InChI is InChI=1S/C34H40BN3O10/c1-18-8-5-6-10-22(18)35-38(12-14-47-35,13-15-48-35)17-36-32(44)26-29(41)27(37(3)4)21-16-20-25(30(42)34(21,46)31(26)43)28(40)24-19(33(20,2)45)9-7-11-23(24)39/h5-11,20-21,27,39-40,43,45-46H,12-17H2,1-4H3,(H,36,44)/t20-,21+,27-,33-,34+,35?,38?/m1/s1. The summed E-state index contributed by atoms with van der Waals surface area (Å²) < 4.78 is 12.8. The van der Waals surface area contributed by atoms with E-state index >= 15 is 0 Å². The van der Waals surface area contributed by atoms with Crippen molar-refractivity contribution in [2.75, 3.05) is 47.1 Å². The number of aliphatic hydroxyl groups is 4. The van der Waals surface area contributed by atoms with E-state index in [4.69, 9.17) is 9.31 Å². The van der Waals surface area contributed by atoms with Crippen LogP contribution in [0.4, 0.5) is 0 Å². The number of fused-ring (bicyclic) bond motifs is 4. The van der Waals surface area contributed by atoms with Gasteiger partial charge in [-0.3, -0.25) is 19.3 Å². The first-order chi connectivity index (χ1) is 22.6. The van der Waals surface area contributed by atoms with Crippen LogP contribution < -0.4 is 10.8 Å². The number of nitrogens with zero attached hydrogens (tertiary/aromatic N) is 2. The van der Waals surface area contributed by atoms with Crippen LogP contribution in [0, 0.1) is 18.8 Å². The molecule has 3 aliphatic carbocycles. The molecule has 2 aromatic carbocycles. The molecule has 0 aromatic heterocycles. The van der Waals surface area contributed by atoms with E-state index < -0.39 is 81.7 Å². The Kier molecular flexibility index (Phi) is 7.26. The average molecular weight is 662 g/mol. The van der Waals surface area contributed by atoms with E-state index in [0.29, 0.717) is 26.3 Å². The maximum absolute atomic E-state index is 14.4. The van der Waals surface area contributed by atoms with E-state index in [0.717, 1.165) is 11.0 Å². The number of hydrogen-bond donors (Lipinski definition) is 6. The minimum atomic E-state index is -2.80. The molecule has 7 rings (SSSR count). The highest BCUT2D eigenvalue weighted by Crippen LogP contribution is 2.57. The molecule has 5 aliphatic rings. The lowest BCUT2D eigenvalue weighted by Crippen LogP contribution is -2.72.